The zero-order valence-electron chi connectivity index (χ0n) is 20.7. The summed E-state index contributed by atoms with van der Waals surface area (Å²) in [5.74, 6) is 2.91. The highest BCUT2D eigenvalue weighted by molar-refractivity contribution is 5.82. The minimum atomic E-state index is -0.0510. The Bertz CT molecular complexity index is 1330. The minimum absolute atomic E-state index is 0.0510. The van der Waals surface area contributed by atoms with Crippen LogP contribution < -0.4 is 19.6 Å². The van der Waals surface area contributed by atoms with Crippen molar-refractivity contribution in [3.63, 3.8) is 0 Å². The predicted molar refractivity (Wildman–Crippen MR) is 137 cm³/mol. The number of rotatable bonds is 10. The molecule has 35 heavy (non-hydrogen) atoms. The maximum Gasteiger partial charge on any atom is 0.192 e. The van der Waals surface area contributed by atoms with Gasteiger partial charge in [-0.05, 0) is 61.0 Å². The van der Waals surface area contributed by atoms with Crippen LogP contribution >= 0.6 is 0 Å². The molecule has 182 valence electrons. The molecule has 4 rings (SSSR count). The maximum absolute atomic E-state index is 12.7. The highest BCUT2D eigenvalue weighted by atomic mass is 16.5. The molecule has 0 radical (unpaired) electrons. The Labute approximate surface area is 205 Å². The second-order valence-corrected chi connectivity index (χ2v) is 8.43. The fourth-order valence-corrected chi connectivity index (χ4v) is 4.03. The van der Waals surface area contributed by atoms with Crippen molar-refractivity contribution in [3.8, 4) is 17.2 Å². The third kappa shape index (κ3) is 5.84. The predicted octanol–water partition coefficient (Wildman–Crippen LogP) is 5.72. The van der Waals surface area contributed by atoms with Gasteiger partial charge in [-0.15, -0.1) is 0 Å². The van der Waals surface area contributed by atoms with Gasteiger partial charge in [0.15, 0.2) is 5.43 Å². The normalized spacial score (nSPS) is 11.1. The summed E-state index contributed by atoms with van der Waals surface area (Å²) >= 11 is 0. The lowest BCUT2D eigenvalue weighted by Gasteiger charge is -2.23. The van der Waals surface area contributed by atoms with E-state index in [1.807, 2.05) is 42.5 Å². The lowest BCUT2D eigenvalue weighted by molar-refractivity contribution is 0.256. The van der Waals surface area contributed by atoms with E-state index in [1.54, 1.807) is 27.2 Å². The highest BCUT2D eigenvalue weighted by Gasteiger charge is 2.17. The number of aryl methyl sites for hydroxylation is 1. The van der Waals surface area contributed by atoms with Gasteiger partial charge in [0.1, 0.15) is 35.2 Å². The van der Waals surface area contributed by atoms with E-state index in [9.17, 15) is 4.79 Å². The van der Waals surface area contributed by atoms with Crippen LogP contribution in [0.4, 0.5) is 0 Å². The van der Waals surface area contributed by atoms with E-state index in [-0.39, 0.29) is 5.43 Å². The molecule has 0 N–H and O–H groups in total. The van der Waals surface area contributed by atoms with Crippen molar-refractivity contribution in [2.45, 2.75) is 33.5 Å². The lowest BCUT2D eigenvalue weighted by Crippen LogP contribution is -2.23. The van der Waals surface area contributed by atoms with Crippen molar-refractivity contribution >= 4 is 11.0 Å². The lowest BCUT2D eigenvalue weighted by atomic mass is 10.1. The molecule has 0 spiro atoms. The molecule has 0 aliphatic heterocycles. The molecule has 4 aromatic rings. The molecule has 0 saturated heterocycles. The monoisotopic (exact) mass is 473 g/mol. The maximum atomic E-state index is 12.7. The Morgan fingerprint density at radius 2 is 1.46 bits per heavy atom. The van der Waals surface area contributed by atoms with E-state index in [4.69, 9.17) is 18.6 Å². The van der Waals surface area contributed by atoms with Gasteiger partial charge < -0.3 is 18.6 Å². The second-order valence-electron chi connectivity index (χ2n) is 8.43. The van der Waals surface area contributed by atoms with Gasteiger partial charge in [0, 0.05) is 19.2 Å². The Morgan fingerprint density at radius 3 is 2.06 bits per heavy atom. The van der Waals surface area contributed by atoms with Crippen molar-refractivity contribution in [3.05, 3.63) is 99.4 Å². The van der Waals surface area contributed by atoms with E-state index in [0.29, 0.717) is 35.6 Å². The Morgan fingerprint density at radius 1 is 0.829 bits per heavy atom. The fraction of sp³-hybridized carbons (Fsp3) is 0.276. The minimum Gasteiger partial charge on any atom is -0.497 e. The molecule has 0 unspecified atom stereocenters. The molecule has 0 bridgehead atoms. The first-order chi connectivity index (χ1) is 17.0. The van der Waals surface area contributed by atoms with Crippen molar-refractivity contribution in [1.82, 2.24) is 4.90 Å². The van der Waals surface area contributed by atoms with Gasteiger partial charge in [-0.2, -0.15) is 0 Å². The smallest absolute Gasteiger partial charge is 0.192 e. The molecule has 3 aromatic carbocycles. The van der Waals surface area contributed by atoms with Gasteiger partial charge in [0.2, 0.25) is 0 Å². The van der Waals surface area contributed by atoms with E-state index < -0.39 is 0 Å². The first kappa shape index (κ1) is 24.4. The summed E-state index contributed by atoms with van der Waals surface area (Å²) in [5, 5.41) is 0.558. The first-order valence-corrected chi connectivity index (χ1v) is 11.7. The van der Waals surface area contributed by atoms with Crippen molar-refractivity contribution in [1.29, 1.82) is 0 Å². The van der Waals surface area contributed by atoms with Crippen LogP contribution in [0.15, 0.2) is 75.9 Å². The van der Waals surface area contributed by atoms with Gasteiger partial charge in [0.25, 0.3) is 0 Å². The van der Waals surface area contributed by atoms with Crippen LogP contribution in [0.25, 0.3) is 11.0 Å². The Balaban J connectivity index is 1.65. The zero-order chi connectivity index (χ0) is 24.8. The summed E-state index contributed by atoms with van der Waals surface area (Å²) in [6, 6.07) is 21.0. The van der Waals surface area contributed by atoms with Crippen LogP contribution in [0.5, 0.6) is 17.2 Å². The van der Waals surface area contributed by atoms with Crippen LogP contribution in [0.1, 0.15) is 29.4 Å². The number of hydrogen-bond acceptors (Lipinski definition) is 6. The molecule has 0 saturated carbocycles. The first-order valence-electron chi connectivity index (χ1n) is 11.7. The Kier molecular flexibility index (Phi) is 7.73. The molecular weight excluding hydrogens is 442 g/mol. The third-order valence-electron chi connectivity index (χ3n) is 6.03. The number of fused-ring (bicyclic) bond motifs is 1. The Hall–Kier alpha value is -3.77. The molecule has 1 heterocycles. The highest BCUT2D eigenvalue weighted by Crippen LogP contribution is 2.30. The van der Waals surface area contributed by atoms with E-state index >= 15 is 0 Å². The topological polar surface area (TPSA) is 61.1 Å². The summed E-state index contributed by atoms with van der Waals surface area (Å²) in [4.78, 5) is 15.0. The zero-order valence-corrected chi connectivity index (χ0v) is 20.7. The molecule has 0 aliphatic rings. The number of benzene rings is 3. The standard InChI is InChI=1S/C29H31NO5/c1-5-30(17-21-6-10-23(32-3)11-7-21)18-26-28(34-19-22-8-12-24(33-4)13-9-22)15-14-25-27(31)16-20(2)35-29(25)26/h6-16H,5,17-19H2,1-4H3. The van der Waals surface area contributed by atoms with Crippen molar-refractivity contribution < 1.29 is 18.6 Å². The summed E-state index contributed by atoms with van der Waals surface area (Å²) in [6.07, 6.45) is 0. The van der Waals surface area contributed by atoms with E-state index in [0.717, 1.165) is 35.7 Å². The number of methoxy groups -OCH3 is 2. The molecule has 6 heteroatoms. The largest absolute Gasteiger partial charge is 0.497 e. The summed E-state index contributed by atoms with van der Waals surface area (Å²) in [6.45, 7) is 6.44. The average Bonchev–Trinajstić information content (AvgIpc) is 2.88. The molecule has 0 amide bonds. The molecule has 6 nitrogen and oxygen atoms in total. The SMILES string of the molecule is CCN(Cc1ccc(OC)cc1)Cc1c(OCc2ccc(OC)cc2)ccc2c(=O)cc(C)oc12. The van der Waals surface area contributed by atoms with E-state index in [1.165, 1.54) is 11.6 Å². The molecule has 0 atom stereocenters. The van der Waals surface area contributed by atoms with Crippen LogP contribution in [0, 0.1) is 6.92 Å². The van der Waals surface area contributed by atoms with Crippen LogP contribution in [0.2, 0.25) is 0 Å². The summed E-state index contributed by atoms with van der Waals surface area (Å²) < 4.78 is 22.9. The number of hydrogen-bond donors (Lipinski definition) is 0. The summed E-state index contributed by atoms with van der Waals surface area (Å²) in [7, 11) is 3.31. The van der Waals surface area contributed by atoms with Crippen LogP contribution in [0.3, 0.4) is 0 Å². The van der Waals surface area contributed by atoms with Gasteiger partial charge in [0.05, 0.1) is 25.2 Å². The number of nitrogens with zero attached hydrogens (tertiary/aromatic N) is 1. The fourth-order valence-electron chi connectivity index (χ4n) is 4.03. The van der Waals surface area contributed by atoms with Crippen LogP contribution in [-0.4, -0.2) is 25.7 Å². The van der Waals surface area contributed by atoms with Crippen molar-refractivity contribution in [2.24, 2.45) is 0 Å². The molecule has 1 aromatic heterocycles. The van der Waals surface area contributed by atoms with E-state index in [2.05, 4.69) is 24.0 Å². The van der Waals surface area contributed by atoms with Crippen LogP contribution in [-0.2, 0) is 19.7 Å². The molecule has 0 fully saturated rings. The average molecular weight is 474 g/mol. The van der Waals surface area contributed by atoms with Gasteiger partial charge in [-0.1, -0.05) is 31.2 Å². The van der Waals surface area contributed by atoms with Crippen molar-refractivity contribution in [2.75, 3.05) is 20.8 Å². The van der Waals surface area contributed by atoms with Gasteiger partial charge in [-0.3, -0.25) is 9.69 Å². The quantitative estimate of drug-likeness (QED) is 0.294. The third-order valence-corrected chi connectivity index (χ3v) is 6.03. The van der Waals surface area contributed by atoms with Gasteiger partial charge >= 0.3 is 0 Å². The second kappa shape index (κ2) is 11.1. The molecular formula is C29H31NO5. The number of ether oxygens (including phenoxy) is 3. The summed E-state index contributed by atoms with van der Waals surface area (Å²) in [5.41, 5.74) is 3.59. The van der Waals surface area contributed by atoms with Gasteiger partial charge in [-0.25, -0.2) is 0 Å². The molecule has 0 aliphatic carbocycles.